The van der Waals surface area contributed by atoms with Gasteiger partial charge in [0.15, 0.2) is 5.75 Å². The second kappa shape index (κ2) is 7.08. The Kier molecular flexibility index (Phi) is 5.16. The first-order chi connectivity index (χ1) is 10.1. The molecule has 0 saturated heterocycles. The molecule has 0 aliphatic heterocycles. The normalized spacial score (nSPS) is 10.2. The molecular formula is C15H14BrNO4. The third-order valence-electron chi connectivity index (χ3n) is 2.74. The van der Waals surface area contributed by atoms with E-state index in [2.05, 4.69) is 15.9 Å². The first-order valence-electron chi connectivity index (χ1n) is 6.32. The van der Waals surface area contributed by atoms with Gasteiger partial charge >= 0.3 is 5.69 Å². The average molecular weight is 352 g/mol. The predicted octanol–water partition coefficient (Wildman–Crippen LogP) is 4.12. The van der Waals surface area contributed by atoms with Crippen molar-refractivity contribution in [2.24, 2.45) is 0 Å². The standard InChI is InChI=1S/C15H14BrNO4/c1-11-2-7-14(17(18)19)15(10-11)21-9-8-20-13-5-3-12(16)4-6-13/h2-7,10H,8-9H2,1H3. The predicted molar refractivity (Wildman–Crippen MR) is 83.0 cm³/mol. The minimum Gasteiger partial charge on any atom is -0.490 e. The molecule has 2 rings (SSSR count). The molecule has 0 N–H and O–H groups in total. The Balaban J connectivity index is 1.90. The third kappa shape index (κ3) is 4.46. The number of nitro groups is 1. The van der Waals surface area contributed by atoms with E-state index in [1.807, 2.05) is 31.2 Å². The lowest BCUT2D eigenvalue weighted by atomic mass is 10.2. The molecule has 2 aromatic carbocycles. The molecular weight excluding hydrogens is 338 g/mol. The van der Waals surface area contributed by atoms with Crippen LogP contribution in [0.15, 0.2) is 46.9 Å². The second-order valence-corrected chi connectivity index (χ2v) is 5.29. The highest BCUT2D eigenvalue weighted by Crippen LogP contribution is 2.27. The van der Waals surface area contributed by atoms with Crippen molar-refractivity contribution >= 4 is 21.6 Å². The van der Waals surface area contributed by atoms with Crippen LogP contribution in [-0.2, 0) is 0 Å². The first-order valence-corrected chi connectivity index (χ1v) is 7.12. The van der Waals surface area contributed by atoms with Gasteiger partial charge in [0.05, 0.1) is 4.92 Å². The molecule has 2 aromatic rings. The fourth-order valence-electron chi connectivity index (χ4n) is 1.73. The summed E-state index contributed by atoms with van der Waals surface area (Å²) in [5.41, 5.74) is 0.869. The van der Waals surface area contributed by atoms with Crippen LogP contribution in [0.4, 0.5) is 5.69 Å². The zero-order valence-corrected chi connectivity index (χ0v) is 13.0. The van der Waals surface area contributed by atoms with Crippen LogP contribution in [0, 0.1) is 17.0 Å². The van der Waals surface area contributed by atoms with Crippen molar-refractivity contribution in [3.63, 3.8) is 0 Å². The maximum atomic E-state index is 10.9. The lowest BCUT2D eigenvalue weighted by Gasteiger charge is -2.09. The van der Waals surface area contributed by atoms with E-state index in [0.29, 0.717) is 6.61 Å². The summed E-state index contributed by atoms with van der Waals surface area (Å²) in [7, 11) is 0. The first kappa shape index (κ1) is 15.3. The molecule has 0 saturated carbocycles. The van der Waals surface area contributed by atoms with Gasteiger partial charge in [0.2, 0.25) is 0 Å². The molecule has 0 bridgehead atoms. The van der Waals surface area contributed by atoms with Crippen molar-refractivity contribution in [2.45, 2.75) is 6.92 Å². The number of benzene rings is 2. The van der Waals surface area contributed by atoms with Crippen LogP contribution >= 0.6 is 15.9 Å². The van der Waals surface area contributed by atoms with Crippen LogP contribution in [0.3, 0.4) is 0 Å². The Bertz CT molecular complexity index is 628. The summed E-state index contributed by atoms with van der Waals surface area (Å²) in [6.07, 6.45) is 0. The van der Waals surface area contributed by atoms with Gasteiger partial charge in [-0.05, 0) is 42.8 Å². The number of rotatable bonds is 6. The van der Waals surface area contributed by atoms with Gasteiger partial charge in [-0.1, -0.05) is 22.0 Å². The van der Waals surface area contributed by atoms with E-state index in [1.54, 1.807) is 12.1 Å². The maximum Gasteiger partial charge on any atom is 0.310 e. The number of halogens is 1. The number of ether oxygens (including phenoxy) is 2. The van der Waals surface area contributed by atoms with E-state index in [1.165, 1.54) is 6.07 Å². The van der Waals surface area contributed by atoms with Gasteiger partial charge in [-0.25, -0.2) is 0 Å². The lowest BCUT2D eigenvalue weighted by Crippen LogP contribution is -2.10. The van der Waals surface area contributed by atoms with Crippen LogP contribution in [-0.4, -0.2) is 18.1 Å². The molecule has 6 heteroatoms. The SMILES string of the molecule is Cc1ccc([N+](=O)[O-])c(OCCOc2ccc(Br)cc2)c1. The van der Waals surface area contributed by atoms with Crippen LogP contribution in [0.1, 0.15) is 5.56 Å². The summed E-state index contributed by atoms with van der Waals surface area (Å²) in [5, 5.41) is 10.9. The summed E-state index contributed by atoms with van der Waals surface area (Å²) >= 11 is 3.34. The largest absolute Gasteiger partial charge is 0.490 e. The van der Waals surface area contributed by atoms with Gasteiger partial charge in [-0.2, -0.15) is 0 Å². The van der Waals surface area contributed by atoms with E-state index < -0.39 is 4.92 Å². The topological polar surface area (TPSA) is 61.6 Å². The fourth-order valence-corrected chi connectivity index (χ4v) is 1.99. The Morgan fingerprint density at radius 3 is 2.43 bits per heavy atom. The summed E-state index contributed by atoms with van der Waals surface area (Å²) in [6, 6.07) is 12.2. The van der Waals surface area contributed by atoms with Crippen molar-refractivity contribution in [3.8, 4) is 11.5 Å². The maximum absolute atomic E-state index is 10.9. The van der Waals surface area contributed by atoms with E-state index in [4.69, 9.17) is 9.47 Å². The summed E-state index contributed by atoms with van der Waals surface area (Å²) in [5.74, 6) is 0.986. The highest BCUT2D eigenvalue weighted by Gasteiger charge is 2.14. The smallest absolute Gasteiger partial charge is 0.310 e. The monoisotopic (exact) mass is 351 g/mol. The molecule has 110 valence electrons. The van der Waals surface area contributed by atoms with Crippen LogP contribution in [0.25, 0.3) is 0 Å². The molecule has 0 aliphatic rings. The highest BCUT2D eigenvalue weighted by molar-refractivity contribution is 9.10. The van der Waals surface area contributed by atoms with Crippen molar-refractivity contribution in [3.05, 3.63) is 62.6 Å². The zero-order valence-electron chi connectivity index (χ0n) is 11.4. The van der Waals surface area contributed by atoms with Crippen LogP contribution in [0.2, 0.25) is 0 Å². The van der Waals surface area contributed by atoms with Gasteiger partial charge in [0.25, 0.3) is 0 Å². The fraction of sp³-hybridized carbons (Fsp3) is 0.200. The average Bonchev–Trinajstić information content (AvgIpc) is 2.45. The van der Waals surface area contributed by atoms with Gasteiger partial charge in [-0.3, -0.25) is 10.1 Å². The van der Waals surface area contributed by atoms with Crippen molar-refractivity contribution < 1.29 is 14.4 Å². The molecule has 5 nitrogen and oxygen atoms in total. The molecule has 0 radical (unpaired) electrons. The van der Waals surface area contributed by atoms with Crippen molar-refractivity contribution in [1.29, 1.82) is 0 Å². The van der Waals surface area contributed by atoms with E-state index >= 15 is 0 Å². The number of aryl methyl sites for hydroxylation is 1. The Hall–Kier alpha value is -2.08. The molecule has 0 aromatic heterocycles. The number of nitro benzene ring substituents is 1. The molecule has 21 heavy (non-hydrogen) atoms. The molecule has 0 heterocycles. The minimum absolute atomic E-state index is 0.0377. The number of hydrogen-bond donors (Lipinski definition) is 0. The van der Waals surface area contributed by atoms with Crippen LogP contribution in [0.5, 0.6) is 11.5 Å². The molecule has 0 unspecified atom stereocenters. The summed E-state index contributed by atoms with van der Waals surface area (Å²) < 4.78 is 11.9. The molecule has 0 spiro atoms. The summed E-state index contributed by atoms with van der Waals surface area (Å²) in [6.45, 7) is 2.40. The quantitative estimate of drug-likeness (QED) is 0.446. The van der Waals surface area contributed by atoms with Gasteiger partial charge in [-0.15, -0.1) is 0 Å². The molecule has 0 amide bonds. The Morgan fingerprint density at radius 1 is 1.10 bits per heavy atom. The number of hydrogen-bond acceptors (Lipinski definition) is 4. The third-order valence-corrected chi connectivity index (χ3v) is 3.26. The molecule has 0 aliphatic carbocycles. The van der Waals surface area contributed by atoms with E-state index in [9.17, 15) is 10.1 Å². The highest BCUT2D eigenvalue weighted by atomic mass is 79.9. The Morgan fingerprint density at radius 2 is 1.76 bits per heavy atom. The molecule has 0 atom stereocenters. The summed E-state index contributed by atoms with van der Waals surface area (Å²) in [4.78, 5) is 10.5. The van der Waals surface area contributed by atoms with E-state index in [-0.39, 0.29) is 18.0 Å². The Labute approximate surface area is 130 Å². The van der Waals surface area contributed by atoms with Gasteiger partial charge in [0, 0.05) is 10.5 Å². The van der Waals surface area contributed by atoms with Crippen molar-refractivity contribution in [1.82, 2.24) is 0 Å². The lowest BCUT2D eigenvalue weighted by molar-refractivity contribution is -0.385. The zero-order chi connectivity index (χ0) is 15.2. The molecule has 0 fully saturated rings. The van der Waals surface area contributed by atoms with Gasteiger partial charge < -0.3 is 9.47 Å². The second-order valence-electron chi connectivity index (χ2n) is 4.38. The van der Waals surface area contributed by atoms with Crippen molar-refractivity contribution in [2.75, 3.05) is 13.2 Å². The number of nitrogens with zero attached hydrogens (tertiary/aromatic N) is 1. The van der Waals surface area contributed by atoms with E-state index in [0.717, 1.165) is 15.8 Å². The minimum atomic E-state index is -0.454. The van der Waals surface area contributed by atoms with Crippen LogP contribution < -0.4 is 9.47 Å². The van der Waals surface area contributed by atoms with Gasteiger partial charge in [0.1, 0.15) is 19.0 Å².